The summed E-state index contributed by atoms with van der Waals surface area (Å²) in [5.41, 5.74) is 3.43. The number of amides is 2. The fourth-order valence-corrected chi connectivity index (χ4v) is 6.05. The second kappa shape index (κ2) is 13.1. The first-order chi connectivity index (χ1) is 17.6. The van der Waals surface area contributed by atoms with Gasteiger partial charge in [-0.3, -0.25) is 13.9 Å². The number of carbonyl (C=O) groups excluding carboxylic acids is 2. The van der Waals surface area contributed by atoms with Crippen LogP contribution in [0, 0.1) is 13.8 Å². The van der Waals surface area contributed by atoms with Crippen LogP contribution >= 0.6 is 0 Å². The molecule has 7 nitrogen and oxygen atoms in total. The molecule has 1 saturated carbocycles. The van der Waals surface area contributed by atoms with E-state index in [2.05, 4.69) is 5.32 Å². The lowest BCUT2D eigenvalue weighted by atomic mass is 10.1. The molecule has 0 unspecified atom stereocenters. The molecule has 1 aliphatic rings. The van der Waals surface area contributed by atoms with Crippen molar-refractivity contribution in [2.24, 2.45) is 0 Å². The maximum Gasteiger partial charge on any atom is 0.243 e. The minimum absolute atomic E-state index is 0.105. The molecule has 1 atom stereocenters. The van der Waals surface area contributed by atoms with Crippen molar-refractivity contribution >= 4 is 27.5 Å². The number of anilines is 1. The zero-order valence-electron chi connectivity index (χ0n) is 22.6. The van der Waals surface area contributed by atoms with Crippen LogP contribution in [0.15, 0.2) is 48.5 Å². The number of benzene rings is 2. The molecule has 8 heteroatoms. The third-order valence-corrected chi connectivity index (χ3v) is 8.25. The standard InChI is InChI=1S/C29H41N3O4S/c1-5-26(29(34)30-25-14-9-10-15-25)31(21-24-12-7-6-8-13-24)28(33)16-11-19-32(37(4,35)36)27-20-22(2)17-18-23(27)3/h6-8,12-13,17-18,20,25-26H,5,9-11,14-16,19,21H2,1-4H3,(H,30,34)/t26-/m1/s1. The maximum absolute atomic E-state index is 13.6. The lowest BCUT2D eigenvalue weighted by molar-refractivity contribution is -0.141. The van der Waals surface area contributed by atoms with Crippen LogP contribution in [0.1, 0.15) is 68.6 Å². The zero-order chi connectivity index (χ0) is 27.0. The van der Waals surface area contributed by atoms with Crippen LogP contribution in [0.2, 0.25) is 0 Å². The monoisotopic (exact) mass is 527 g/mol. The molecule has 2 aromatic carbocycles. The highest BCUT2D eigenvalue weighted by molar-refractivity contribution is 7.92. The Morgan fingerprint density at radius 3 is 2.35 bits per heavy atom. The average molecular weight is 528 g/mol. The van der Waals surface area contributed by atoms with Gasteiger partial charge in [0.05, 0.1) is 11.9 Å². The van der Waals surface area contributed by atoms with E-state index in [1.807, 2.05) is 69.3 Å². The Bertz CT molecular complexity index is 1160. The molecule has 202 valence electrons. The second-order valence-corrected chi connectivity index (χ2v) is 12.1. The first kappa shape index (κ1) is 28.7. The zero-order valence-corrected chi connectivity index (χ0v) is 23.4. The van der Waals surface area contributed by atoms with Crippen LogP contribution in [0.3, 0.4) is 0 Å². The van der Waals surface area contributed by atoms with E-state index >= 15 is 0 Å². The molecule has 1 aliphatic carbocycles. The molecule has 2 aromatic rings. The van der Waals surface area contributed by atoms with Crippen LogP contribution in [0.5, 0.6) is 0 Å². The lowest BCUT2D eigenvalue weighted by Crippen LogP contribution is -2.51. The quantitative estimate of drug-likeness (QED) is 0.433. The fraction of sp³-hybridized carbons (Fsp3) is 0.517. The van der Waals surface area contributed by atoms with Crippen molar-refractivity contribution in [3.8, 4) is 0 Å². The van der Waals surface area contributed by atoms with Gasteiger partial charge in [-0.05, 0) is 62.3 Å². The van der Waals surface area contributed by atoms with Crippen LogP contribution in [-0.4, -0.2) is 50.0 Å². The number of nitrogens with one attached hydrogen (secondary N) is 1. The van der Waals surface area contributed by atoms with Gasteiger partial charge < -0.3 is 10.2 Å². The molecule has 0 aromatic heterocycles. The molecule has 3 rings (SSSR count). The summed E-state index contributed by atoms with van der Waals surface area (Å²) in [6, 6.07) is 15.0. The highest BCUT2D eigenvalue weighted by Gasteiger charge is 2.30. The van der Waals surface area contributed by atoms with Gasteiger partial charge in [-0.1, -0.05) is 62.2 Å². The van der Waals surface area contributed by atoms with E-state index in [1.165, 1.54) is 10.6 Å². The van der Waals surface area contributed by atoms with Crippen molar-refractivity contribution in [1.82, 2.24) is 10.2 Å². The highest BCUT2D eigenvalue weighted by Crippen LogP contribution is 2.25. The van der Waals surface area contributed by atoms with Crippen LogP contribution in [0.4, 0.5) is 5.69 Å². The maximum atomic E-state index is 13.6. The molecule has 0 bridgehead atoms. The summed E-state index contributed by atoms with van der Waals surface area (Å²) in [4.78, 5) is 28.5. The number of hydrogen-bond donors (Lipinski definition) is 1. The van der Waals surface area contributed by atoms with Crippen LogP contribution in [-0.2, 0) is 26.2 Å². The van der Waals surface area contributed by atoms with Gasteiger partial charge in [0, 0.05) is 25.6 Å². The smallest absolute Gasteiger partial charge is 0.243 e. The molecule has 0 spiro atoms. The Kier molecular flexibility index (Phi) is 10.1. The number of nitrogens with zero attached hydrogens (tertiary/aromatic N) is 2. The molecule has 0 saturated heterocycles. The predicted octanol–water partition coefficient (Wildman–Crippen LogP) is 4.72. The molecular weight excluding hydrogens is 486 g/mol. The largest absolute Gasteiger partial charge is 0.352 e. The van der Waals surface area contributed by atoms with Gasteiger partial charge in [0.2, 0.25) is 21.8 Å². The van der Waals surface area contributed by atoms with Crippen molar-refractivity contribution in [1.29, 1.82) is 0 Å². The van der Waals surface area contributed by atoms with Crippen LogP contribution in [0.25, 0.3) is 0 Å². The van der Waals surface area contributed by atoms with Crippen LogP contribution < -0.4 is 9.62 Å². The molecule has 1 fully saturated rings. The highest BCUT2D eigenvalue weighted by atomic mass is 32.2. The van der Waals surface area contributed by atoms with E-state index < -0.39 is 16.1 Å². The normalized spacial score (nSPS) is 14.8. The van der Waals surface area contributed by atoms with Crippen molar-refractivity contribution in [3.63, 3.8) is 0 Å². The second-order valence-electron chi connectivity index (χ2n) is 10.1. The predicted molar refractivity (Wildman–Crippen MR) is 149 cm³/mol. The molecule has 0 heterocycles. The fourth-order valence-electron chi connectivity index (χ4n) is 5.04. The van der Waals surface area contributed by atoms with E-state index in [9.17, 15) is 18.0 Å². The SMILES string of the molecule is CC[C@H](C(=O)NC1CCCC1)N(Cc1ccccc1)C(=O)CCCN(c1cc(C)ccc1C)S(C)(=O)=O. The number of hydrogen-bond acceptors (Lipinski definition) is 4. The minimum atomic E-state index is -3.53. The Hall–Kier alpha value is -2.87. The number of sulfonamides is 1. The van der Waals surface area contributed by atoms with Crippen molar-refractivity contribution < 1.29 is 18.0 Å². The van der Waals surface area contributed by atoms with Gasteiger partial charge in [-0.15, -0.1) is 0 Å². The molecule has 1 N–H and O–H groups in total. The lowest BCUT2D eigenvalue weighted by Gasteiger charge is -2.32. The Morgan fingerprint density at radius 1 is 1.05 bits per heavy atom. The molecular formula is C29H41N3O4S. The van der Waals surface area contributed by atoms with E-state index in [0.29, 0.717) is 25.1 Å². The summed E-state index contributed by atoms with van der Waals surface area (Å²) in [6.45, 7) is 6.27. The Balaban J connectivity index is 1.75. The van der Waals surface area contributed by atoms with Gasteiger partial charge in [0.15, 0.2) is 0 Å². The number of rotatable bonds is 12. The molecule has 0 aliphatic heterocycles. The summed E-state index contributed by atoms with van der Waals surface area (Å²) in [5, 5.41) is 3.16. The third-order valence-electron chi connectivity index (χ3n) is 7.07. The van der Waals surface area contributed by atoms with Gasteiger partial charge in [-0.2, -0.15) is 0 Å². The Morgan fingerprint density at radius 2 is 1.73 bits per heavy atom. The van der Waals surface area contributed by atoms with Crippen molar-refractivity contribution in [2.75, 3.05) is 17.1 Å². The van der Waals surface area contributed by atoms with Gasteiger partial charge in [0.1, 0.15) is 6.04 Å². The third kappa shape index (κ3) is 8.06. The minimum Gasteiger partial charge on any atom is -0.352 e. The first-order valence-corrected chi connectivity index (χ1v) is 15.1. The van der Waals surface area contributed by atoms with Gasteiger partial charge in [-0.25, -0.2) is 8.42 Å². The number of aryl methyl sites for hydroxylation is 2. The summed E-state index contributed by atoms with van der Waals surface area (Å²) < 4.78 is 26.6. The first-order valence-electron chi connectivity index (χ1n) is 13.3. The topological polar surface area (TPSA) is 86.8 Å². The molecule has 2 amide bonds. The summed E-state index contributed by atoms with van der Waals surface area (Å²) >= 11 is 0. The summed E-state index contributed by atoms with van der Waals surface area (Å²) in [7, 11) is -3.53. The van der Waals surface area contributed by atoms with Gasteiger partial charge >= 0.3 is 0 Å². The van der Waals surface area contributed by atoms with Crippen molar-refractivity contribution in [2.45, 2.75) is 84.3 Å². The molecule has 0 radical (unpaired) electrons. The van der Waals surface area contributed by atoms with Gasteiger partial charge in [0.25, 0.3) is 0 Å². The van der Waals surface area contributed by atoms with E-state index in [4.69, 9.17) is 0 Å². The Labute approximate surface area is 222 Å². The summed E-state index contributed by atoms with van der Waals surface area (Å²) in [6.07, 6.45) is 6.40. The molecule has 37 heavy (non-hydrogen) atoms. The average Bonchev–Trinajstić information content (AvgIpc) is 3.36. The van der Waals surface area contributed by atoms with E-state index in [0.717, 1.165) is 42.4 Å². The van der Waals surface area contributed by atoms with E-state index in [-0.39, 0.29) is 30.8 Å². The summed E-state index contributed by atoms with van der Waals surface area (Å²) in [5.74, 6) is -0.251. The number of carbonyl (C=O) groups is 2. The van der Waals surface area contributed by atoms with E-state index in [1.54, 1.807) is 4.90 Å². The van der Waals surface area contributed by atoms with Crippen molar-refractivity contribution in [3.05, 3.63) is 65.2 Å².